The average Bonchev–Trinajstić information content (AvgIpc) is 3.39. The van der Waals surface area contributed by atoms with Crippen molar-refractivity contribution in [1.29, 1.82) is 10.5 Å². The summed E-state index contributed by atoms with van der Waals surface area (Å²) in [6.07, 6.45) is 5.74. The number of carbonyl (C=O) groups is 1. The van der Waals surface area contributed by atoms with E-state index in [1.54, 1.807) is 12.1 Å². The van der Waals surface area contributed by atoms with Crippen LogP contribution in [-0.4, -0.2) is 41.5 Å². The molecule has 3 aromatic rings. The molecule has 1 aromatic heterocycles. The SMILES string of the molecule is CCCCCOc1ccc(C(c2ccc(C#N)cc2)N2CCC(NC(=O)c3ccc(C#N)cc3F)C2)cn1. The van der Waals surface area contributed by atoms with Crippen LogP contribution in [0.2, 0.25) is 0 Å². The highest BCUT2D eigenvalue weighted by atomic mass is 19.1. The van der Waals surface area contributed by atoms with Gasteiger partial charge in [0.2, 0.25) is 5.88 Å². The van der Waals surface area contributed by atoms with Gasteiger partial charge >= 0.3 is 0 Å². The number of unbranched alkanes of at least 4 members (excludes halogenated alkanes) is 2. The van der Waals surface area contributed by atoms with Gasteiger partial charge in [0.1, 0.15) is 5.82 Å². The molecule has 2 atom stereocenters. The number of likely N-dealkylation sites (tertiary alicyclic amines) is 1. The number of ether oxygens (including phenoxy) is 1. The number of nitriles is 2. The van der Waals surface area contributed by atoms with Crippen LogP contribution in [0.3, 0.4) is 0 Å². The van der Waals surface area contributed by atoms with E-state index in [0.717, 1.165) is 36.5 Å². The van der Waals surface area contributed by atoms with Gasteiger partial charge in [-0.3, -0.25) is 9.69 Å². The van der Waals surface area contributed by atoms with Crippen molar-refractivity contribution in [3.05, 3.63) is 94.4 Å². The lowest BCUT2D eigenvalue weighted by Crippen LogP contribution is -2.38. The highest BCUT2D eigenvalue weighted by Gasteiger charge is 2.32. The highest BCUT2D eigenvalue weighted by molar-refractivity contribution is 5.94. The predicted octanol–water partition coefficient (Wildman–Crippen LogP) is 5.13. The third-order valence-corrected chi connectivity index (χ3v) is 6.69. The van der Waals surface area contributed by atoms with Gasteiger partial charge in [0.05, 0.1) is 41.5 Å². The van der Waals surface area contributed by atoms with Crippen molar-refractivity contribution in [2.24, 2.45) is 0 Å². The topological polar surface area (TPSA) is 102 Å². The standard InChI is InChI=1S/C30H30FN5O2/c1-2-3-4-15-38-28-12-10-24(19-34-28)29(23-8-5-21(17-32)6-9-23)36-14-13-25(20-36)35-30(37)26-11-7-22(18-33)16-27(26)31/h5-12,16,19,25,29H,2-4,13-15,20H2,1H3,(H,35,37). The summed E-state index contributed by atoms with van der Waals surface area (Å²) in [5.41, 5.74) is 2.65. The number of pyridine rings is 1. The van der Waals surface area contributed by atoms with E-state index in [1.165, 1.54) is 12.1 Å². The Labute approximate surface area is 222 Å². The zero-order valence-corrected chi connectivity index (χ0v) is 21.4. The summed E-state index contributed by atoms with van der Waals surface area (Å²) in [6, 6.07) is 18.9. The molecule has 0 radical (unpaired) electrons. The van der Waals surface area contributed by atoms with Gasteiger partial charge in [0.15, 0.2) is 0 Å². The third kappa shape index (κ3) is 6.53. The quantitative estimate of drug-likeness (QED) is 0.379. The third-order valence-electron chi connectivity index (χ3n) is 6.69. The molecular weight excluding hydrogens is 481 g/mol. The molecule has 2 aromatic carbocycles. The van der Waals surface area contributed by atoms with Crippen LogP contribution in [-0.2, 0) is 0 Å². The van der Waals surface area contributed by atoms with Gasteiger partial charge in [-0.15, -0.1) is 0 Å². The largest absolute Gasteiger partial charge is 0.478 e. The van der Waals surface area contributed by atoms with E-state index in [4.69, 9.17) is 10.00 Å². The molecule has 7 nitrogen and oxygen atoms in total. The van der Waals surface area contributed by atoms with Gasteiger partial charge in [-0.05, 0) is 54.3 Å². The molecule has 1 fully saturated rings. The first-order valence-corrected chi connectivity index (χ1v) is 12.9. The van der Waals surface area contributed by atoms with Crippen molar-refractivity contribution in [2.45, 2.75) is 44.7 Å². The monoisotopic (exact) mass is 511 g/mol. The van der Waals surface area contributed by atoms with Gasteiger partial charge < -0.3 is 10.1 Å². The van der Waals surface area contributed by atoms with Crippen molar-refractivity contribution < 1.29 is 13.9 Å². The number of hydrogen-bond acceptors (Lipinski definition) is 6. The predicted molar refractivity (Wildman–Crippen MR) is 141 cm³/mol. The van der Waals surface area contributed by atoms with Crippen LogP contribution in [0.25, 0.3) is 0 Å². The molecule has 0 bridgehead atoms. The molecule has 8 heteroatoms. The molecule has 1 saturated heterocycles. The molecule has 1 N–H and O–H groups in total. The molecule has 0 spiro atoms. The highest BCUT2D eigenvalue weighted by Crippen LogP contribution is 2.32. The number of nitrogens with zero attached hydrogens (tertiary/aromatic N) is 4. The van der Waals surface area contributed by atoms with E-state index in [-0.39, 0.29) is 23.2 Å². The minimum absolute atomic E-state index is 0.0789. The van der Waals surface area contributed by atoms with Crippen molar-refractivity contribution in [3.63, 3.8) is 0 Å². The summed E-state index contributed by atoms with van der Waals surface area (Å²) in [4.78, 5) is 19.5. The Morgan fingerprint density at radius 1 is 1.11 bits per heavy atom. The molecule has 0 saturated carbocycles. The molecule has 0 aliphatic carbocycles. The Balaban J connectivity index is 1.49. The number of carbonyl (C=O) groups excluding carboxylic acids is 1. The molecule has 1 aliphatic heterocycles. The molecule has 1 amide bonds. The second-order valence-corrected chi connectivity index (χ2v) is 9.38. The molecule has 194 valence electrons. The minimum atomic E-state index is -0.713. The molecule has 1 aliphatic rings. The second-order valence-electron chi connectivity index (χ2n) is 9.38. The van der Waals surface area contributed by atoms with E-state index in [2.05, 4.69) is 28.2 Å². The minimum Gasteiger partial charge on any atom is -0.478 e. The fourth-order valence-electron chi connectivity index (χ4n) is 4.69. The summed E-state index contributed by atoms with van der Waals surface area (Å²) in [5, 5.41) is 21.1. The van der Waals surface area contributed by atoms with E-state index in [0.29, 0.717) is 37.6 Å². The lowest BCUT2D eigenvalue weighted by Gasteiger charge is -2.29. The van der Waals surface area contributed by atoms with E-state index >= 15 is 0 Å². The van der Waals surface area contributed by atoms with Crippen molar-refractivity contribution >= 4 is 5.91 Å². The molecular formula is C30H30FN5O2. The molecule has 2 heterocycles. The summed E-state index contributed by atoms with van der Waals surface area (Å²) in [5.74, 6) is -0.630. The number of benzene rings is 2. The van der Waals surface area contributed by atoms with Crippen LogP contribution in [0.5, 0.6) is 5.88 Å². The molecule has 2 unspecified atom stereocenters. The fourth-order valence-corrected chi connectivity index (χ4v) is 4.69. The Hall–Kier alpha value is -4.27. The fraction of sp³-hybridized carbons (Fsp3) is 0.333. The summed E-state index contributed by atoms with van der Waals surface area (Å²) >= 11 is 0. The number of nitrogens with one attached hydrogen (secondary N) is 1. The first-order valence-electron chi connectivity index (χ1n) is 12.9. The van der Waals surface area contributed by atoms with Crippen LogP contribution in [0.4, 0.5) is 4.39 Å². The summed E-state index contributed by atoms with van der Waals surface area (Å²) in [6.45, 7) is 4.05. The molecule has 38 heavy (non-hydrogen) atoms. The van der Waals surface area contributed by atoms with E-state index < -0.39 is 11.7 Å². The smallest absolute Gasteiger partial charge is 0.254 e. The van der Waals surface area contributed by atoms with Crippen molar-refractivity contribution in [2.75, 3.05) is 19.7 Å². The van der Waals surface area contributed by atoms with Gasteiger partial charge in [-0.1, -0.05) is 38.0 Å². The first kappa shape index (κ1) is 26.8. The Morgan fingerprint density at radius 2 is 1.84 bits per heavy atom. The van der Waals surface area contributed by atoms with Crippen LogP contribution >= 0.6 is 0 Å². The zero-order valence-electron chi connectivity index (χ0n) is 21.4. The summed E-state index contributed by atoms with van der Waals surface area (Å²) in [7, 11) is 0. The number of amides is 1. The first-order chi connectivity index (χ1) is 18.5. The van der Waals surface area contributed by atoms with Crippen LogP contribution in [0.15, 0.2) is 60.8 Å². The normalized spacial score (nSPS) is 15.8. The van der Waals surface area contributed by atoms with Crippen LogP contribution in [0, 0.1) is 28.5 Å². The second kappa shape index (κ2) is 12.8. The Bertz CT molecular complexity index is 1330. The lowest BCUT2D eigenvalue weighted by atomic mass is 9.97. The maximum absolute atomic E-state index is 14.4. The van der Waals surface area contributed by atoms with E-state index in [9.17, 15) is 14.4 Å². The Morgan fingerprint density at radius 3 is 2.50 bits per heavy atom. The lowest BCUT2D eigenvalue weighted by molar-refractivity contribution is 0.0933. The maximum Gasteiger partial charge on any atom is 0.254 e. The van der Waals surface area contributed by atoms with Crippen molar-refractivity contribution in [1.82, 2.24) is 15.2 Å². The number of rotatable bonds is 10. The van der Waals surface area contributed by atoms with Gasteiger partial charge in [0.25, 0.3) is 5.91 Å². The number of halogens is 1. The van der Waals surface area contributed by atoms with Gasteiger partial charge in [0, 0.05) is 31.4 Å². The molecule has 4 rings (SSSR count). The van der Waals surface area contributed by atoms with Crippen LogP contribution < -0.4 is 10.1 Å². The number of aromatic nitrogens is 1. The zero-order chi connectivity index (χ0) is 26.9. The maximum atomic E-state index is 14.4. The van der Waals surface area contributed by atoms with Gasteiger partial charge in [-0.2, -0.15) is 10.5 Å². The Kier molecular flexibility index (Phi) is 9.02. The van der Waals surface area contributed by atoms with Gasteiger partial charge in [-0.25, -0.2) is 9.37 Å². The summed E-state index contributed by atoms with van der Waals surface area (Å²) < 4.78 is 20.1. The van der Waals surface area contributed by atoms with Crippen molar-refractivity contribution in [3.8, 4) is 18.0 Å². The van der Waals surface area contributed by atoms with E-state index in [1.807, 2.05) is 36.5 Å². The number of hydrogen-bond donors (Lipinski definition) is 1. The van der Waals surface area contributed by atoms with Crippen LogP contribution in [0.1, 0.15) is 71.3 Å². The average molecular weight is 512 g/mol.